The molecule has 0 saturated carbocycles. The zero-order valence-electron chi connectivity index (χ0n) is 13.0. The Morgan fingerprint density at radius 3 is 2.64 bits per heavy atom. The molecule has 0 atom stereocenters. The van der Waals surface area contributed by atoms with E-state index in [0.717, 1.165) is 31.3 Å². The number of guanidine groups is 1. The molecule has 4 nitrogen and oxygen atoms in total. The third-order valence-corrected chi connectivity index (χ3v) is 3.90. The van der Waals surface area contributed by atoms with Gasteiger partial charge in [-0.15, -0.1) is 0 Å². The van der Waals surface area contributed by atoms with E-state index in [-0.39, 0.29) is 0 Å². The number of nitrogens with one attached hydrogen (secondary N) is 2. The van der Waals surface area contributed by atoms with Gasteiger partial charge in [-0.3, -0.25) is 4.99 Å². The van der Waals surface area contributed by atoms with Gasteiger partial charge in [0.1, 0.15) is 5.75 Å². The Morgan fingerprint density at radius 1 is 1.14 bits per heavy atom. The van der Waals surface area contributed by atoms with E-state index in [1.54, 1.807) is 7.05 Å². The van der Waals surface area contributed by atoms with Gasteiger partial charge < -0.3 is 15.4 Å². The SMILES string of the molecule is CN=C(NC)NCc1ccc(-c2ccc3c(c2)CCO3)cc1. The molecule has 1 aliphatic heterocycles. The zero-order valence-corrected chi connectivity index (χ0v) is 13.0. The van der Waals surface area contributed by atoms with Crippen molar-refractivity contribution in [3.05, 3.63) is 53.6 Å². The summed E-state index contributed by atoms with van der Waals surface area (Å²) in [5, 5.41) is 6.26. The van der Waals surface area contributed by atoms with Gasteiger partial charge in [0.2, 0.25) is 0 Å². The lowest BCUT2D eigenvalue weighted by atomic mass is 10.0. The lowest BCUT2D eigenvalue weighted by Gasteiger charge is -2.09. The number of hydrogen-bond donors (Lipinski definition) is 2. The maximum absolute atomic E-state index is 5.56. The molecule has 1 aliphatic rings. The lowest BCUT2D eigenvalue weighted by molar-refractivity contribution is 0.357. The highest BCUT2D eigenvalue weighted by Gasteiger charge is 2.12. The smallest absolute Gasteiger partial charge is 0.190 e. The summed E-state index contributed by atoms with van der Waals surface area (Å²) in [6.45, 7) is 1.56. The van der Waals surface area contributed by atoms with Gasteiger partial charge in [-0.05, 0) is 34.4 Å². The number of rotatable bonds is 3. The number of benzene rings is 2. The van der Waals surface area contributed by atoms with Crippen LogP contribution in [0.25, 0.3) is 11.1 Å². The fourth-order valence-electron chi connectivity index (χ4n) is 2.65. The largest absolute Gasteiger partial charge is 0.493 e. The molecule has 0 aliphatic carbocycles. The third-order valence-electron chi connectivity index (χ3n) is 3.90. The lowest BCUT2D eigenvalue weighted by Crippen LogP contribution is -2.34. The molecule has 0 aromatic heterocycles. The van der Waals surface area contributed by atoms with Crippen molar-refractivity contribution in [2.75, 3.05) is 20.7 Å². The highest BCUT2D eigenvalue weighted by atomic mass is 16.5. The van der Waals surface area contributed by atoms with E-state index in [1.807, 2.05) is 7.05 Å². The Labute approximate surface area is 131 Å². The highest BCUT2D eigenvalue weighted by molar-refractivity contribution is 5.79. The second-order valence-corrected chi connectivity index (χ2v) is 5.29. The first kappa shape index (κ1) is 14.4. The summed E-state index contributed by atoms with van der Waals surface area (Å²) in [4.78, 5) is 4.10. The van der Waals surface area contributed by atoms with Crippen molar-refractivity contribution in [1.29, 1.82) is 0 Å². The van der Waals surface area contributed by atoms with E-state index in [4.69, 9.17) is 4.74 Å². The molecule has 0 saturated heterocycles. The van der Waals surface area contributed by atoms with E-state index in [1.165, 1.54) is 22.3 Å². The number of nitrogens with zero attached hydrogens (tertiary/aromatic N) is 1. The summed E-state index contributed by atoms with van der Waals surface area (Å²) in [5.41, 5.74) is 5.01. The zero-order chi connectivity index (χ0) is 15.4. The quantitative estimate of drug-likeness (QED) is 0.676. The van der Waals surface area contributed by atoms with Gasteiger partial charge in [0.25, 0.3) is 0 Å². The molecule has 0 fully saturated rings. The predicted octanol–water partition coefficient (Wildman–Crippen LogP) is 2.58. The molecule has 4 heteroatoms. The highest BCUT2D eigenvalue weighted by Crippen LogP contribution is 2.30. The van der Waals surface area contributed by atoms with Crippen LogP contribution in [0.2, 0.25) is 0 Å². The summed E-state index contributed by atoms with van der Waals surface area (Å²) >= 11 is 0. The van der Waals surface area contributed by atoms with Crippen molar-refractivity contribution in [2.45, 2.75) is 13.0 Å². The summed E-state index contributed by atoms with van der Waals surface area (Å²) in [7, 11) is 3.62. The minimum absolute atomic E-state index is 0.756. The Bertz CT molecular complexity index is 677. The first-order valence-corrected chi connectivity index (χ1v) is 7.53. The van der Waals surface area contributed by atoms with Crippen LogP contribution in [0.4, 0.5) is 0 Å². The molecule has 0 amide bonds. The average Bonchev–Trinajstić information content (AvgIpc) is 3.04. The van der Waals surface area contributed by atoms with Crippen LogP contribution in [-0.4, -0.2) is 26.7 Å². The van der Waals surface area contributed by atoms with Crippen LogP contribution in [0, 0.1) is 0 Å². The van der Waals surface area contributed by atoms with E-state index in [9.17, 15) is 0 Å². The second kappa shape index (κ2) is 6.52. The number of fused-ring (bicyclic) bond motifs is 1. The molecular formula is C18H21N3O. The Morgan fingerprint density at radius 2 is 1.91 bits per heavy atom. The number of hydrogen-bond acceptors (Lipinski definition) is 2. The van der Waals surface area contributed by atoms with Crippen molar-refractivity contribution in [1.82, 2.24) is 10.6 Å². The molecular weight excluding hydrogens is 274 g/mol. The molecule has 2 N–H and O–H groups in total. The summed E-state index contributed by atoms with van der Waals surface area (Å²) in [5.74, 6) is 1.82. The van der Waals surface area contributed by atoms with Gasteiger partial charge in [-0.2, -0.15) is 0 Å². The summed E-state index contributed by atoms with van der Waals surface area (Å²) in [6, 6.07) is 15.1. The van der Waals surface area contributed by atoms with Crippen LogP contribution in [0.1, 0.15) is 11.1 Å². The molecule has 3 rings (SSSR count). The maximum atomic E-state index is 5.56. The van der Waals surface area contributed by atoms with Crippen molar-refractivity contribution >= 4 is 5.96 Å². The standard InChI is InChI=1S/C18H21N3O/c1-19-18(20-2)21-12-13-3-5-14(6-4-13)15-7-8-17-16(11-15)9-10-22-17/h3-8,11H,9-10,12H2,1-2H3,(H2,19,20,21). The van der Waals surface area contributed by atoms with Crippen molar-refractivity contribution in [2.24, 2.45) is 4.99 Å². The topological polar surface area (TPSA) is 45.7 Å². The van der Waals surface area contributed by atoms with E-state index in [0.29, 0.717) is 0 Å². The Hall–Kier alpha value is -2.49. The molecule has 0 radical (unpaired) electrons. The second-order valence-electron chi connectivity index (χ2n) is 5.29. The van der Waals surface area contributed by atoms with E-state index < -0.39 is 0 Å². The van der Waals surface area contributed by atoms with E-state index in [2.05, 4.69) is 58.1 Å². The fourth-order valence-corrected chi connectivity index (χ4v) is 2.65. The van der Waals surface area contributed by atoms with Gasteiger partial charge in [0.05, 0.1) is 6.61 Å². The first-order chi connectivity index (χ1) is 10.8. The molecule has 0 bridgehead atoms. The maximum Gasteiger partial charge on any atom is 0.190 e. The molecule has 114 valence electrons. The van der Waals surface area contributed by atoms with Gasteiger partial charge in [0.15, 0.2) is 5.96 Å². The Kier molecular flexibility index (Phi) is 4.28. The van der Waals surface area contributed by atoms with Gasteiger partial charge >= 0.3 is 0 Å². The van der Waals surface area contributed by atoms with Crippen LogP contribution < -0.4 is 15.4 Å². The Balaban J connectivity index is 1.71. The molecule has 2 aromatic carbocycles. The van der Waals surface area contributed by atoms with Crippen molar-refractivity contribution in [3.63, 3.8) is 0 Å². The monoisotopic (exact) mass is 295 g/mol. The minimum atomic E-state index is 0.756. The van der Waals surface area contributed by atoms with Crippen LogP contribution in [0.15, 0.2) is 47.5 Å². The molecule has 0 unspecified atom stereocenters. The molecule has 0 spiro atoms. The van der Waals surface area contributed by atoms with E-state index >= 15 is 0 Å². The molecule has 1 heterocycles. The third kappa shape index (κ3) is 3.06. The molecule has 2 aromatic rings. The predicted molar refractivity (Wildman–Crippen MR) is 90.3 cm³/mol. The van der Waals surface area contributed by atoms with Crippen LogP contribution in [-0.2, 0) is 13.0 Å². The van der Waals surface area contributed by atoms with Gasteiger partial charge in [-0.1, -0.05) is 30.3 Å². The fraction of sp³-hybridized carbons (Fsp3) is 0.278. The summed E-state index contributed by atoms with van der Waals surface area (Å²) < 4.78 is 5.56. The van der Waals surface area contributed by atoms with Crippen LogP contribution in [0.5, 0.6) is 5.75 Å². The average molecular weight is 295 g/mol. The van der Waals surface area contributed by atoms with Crippen LogP contribution in [0.3, 0.4) is 0 Å². The number of aliphatic imine (C=N–C) groups is 1. The summed E-state index contributed by atoms with van der Waals surface area (Å²) in [6.07, 6.45) is 1.01. The van der Waals surface area contributed by atoms with Crippen molar-refractivity contribution in [3.8, 4) is 16.9 Å². The van der Waals surface area contributed by atoms with Gasteiger partial charge in [0, 0.05) is 27.1 Å². The minimum Gasteiger partial charge on any atom is -0.493 e. The van der Waals surface area contributed by atoms with Crippen molar-refractivity contribution < 1.29 is 4.74 Å². The number of ether oxygens (including phenoxy) is 1. The van der Waals surface area contributed by atoms with Crippen LogP contribution >= 0.6 is 0 Å². The first-order valence-electron chi connectivity index (χ1n) is 7.53. The normalized spacial score (nSPS) is 13.5. The molecule has 22 heavy (non-hydrogen) atoms. The van der Waals surface area contributed by atoms with Gasteiger partial charge in [-0.25, -0.2) is 0 Å².